The number of Topliss-reactive ketones (excluding diaryl/α,β-unsaturated/α-hetero) is 1. The van der Waals surface area contributed by atoms with Gasteiger partial charge < -0.3 is 10.3 Å². The second-order valence-corrected chi connectivity index (χ2v) is 8.92. The monoisotopic (exact) mass is 443 g/mol. The number of hydrogen-bond acceptors (Lipinski definition) is 5. The lowest BCUT2D eigenvalue weighted by Crippen LogP contribution is -2.34. The van der Waals surface area contributed by atoms with E-state index in [9.17, 15) is 14.9 Å². The van der Waals surface area contributed by atoms with Gasteiger partial charge in [0.05, 0.1) is 34.8 Å². The maximum Gasteiger partial charge on any atom is 0.218 e. The molecule has 0 spiro atoms. The van der Waals surface area contributed by atoms with Gasteiger partial charge in [-0.25, -0.2) is 0 Å². The molecule has 7 nitrogen and oxygen atoms in total. The highest BCUT2D eigenvalue weighted by molar-refractivity contribution is 6.09. The molecule has 1 atom stereocenters. The van der Waals surface area contributed by atoms with Crippen LogP contribution in [0.25, 0.3) is 16.7 Å². The Morgan fingerprint density at radius 1 is 1.18 bits per heavy atom. The number of benzene rings is 1. The third-order valence-electron chi connectivity index (χ3n) is 6.49. The first-order valence-corrected chi connectivity index (χ1v) is 11.4. The van der Waals surface area contributed by atoms with Gasteiger partial charge in [0.15, 0.2) is 5.78 Å². The van der Waals surface area contributed by atoms with Crippen molar-refractivity contribution >= 4 is 22.7 Å². The number of pyridine rings is 1. The summed E-state index contributed by atoms with van der Waals surface area (Å²) in [5.41, 5.74) is 10.7. The van der Waals surface area contributed by atoms with E-state index in [4.69, 9.17) is 10.7 Å². The fraction of sp³-hybridized carbons (Fsp3) is 0.385. The van der Waals surface area contributed by atoms with Crippen LogP contribution in [0.1, 0.15) is 65.7 Å². The molecule has 4 rings (SSSR count). The van der Waals surface area contributed by atoms with Gasteiger partial charge in [0.25, 0.3) is 0 Å². The summed E-state index contributed by atoms with van der Waals surface area (Å²) in [5, 5.41) is 9.17. The van der Waals surface area contributed by atoms with Crippen LogP contribution in [0.5, 0.6) is 0 Å². The van der Waals surface area contributed by atoms with Crippen molar-refractivity contribution in [3.8, 4) is 11.8 Å². The van der Waals surface area contributed by atoms with E-state index >= 15 is 0 Å². The normalized spacial score (nSPS) is 15.3. The van der Waals surface area contributed by atoms with E-state index in [2.05, 4.69) is 11.0 Å². The molecule has 1 aliphatic heterocycles. The topological polar surface area (TPSA) is 105 Å². The molecule has 0 bridgehead atoms. The number of rotatable bonds is 7. The Labute approximate surface area is 193 Å². The SMILES string of the molecule is Cc1c(C(=O)CN2CCCCC2)c2ncc(C(C)CC(N)=O)cc2n1-c1ccc(C#N)cc1. The molecule has 1 saturated heterocycles. The van der Waals surface area contributed by atoms with Crippen LogP contribution in [-0.4, -0.2) is 45.8 Å². The van der Waals surface area contributed by atoms with Crippen molar-refractivity contribution in [3.63, 3.8) is 0 Å². The van der Waals surface area contributed by atoms with Gasteiger partial charge in [0.2, 0.25) is 5.91 Å². The molecule has 7 heteroatoms. The Kier molecular flexibility index (Phi) is 6.57. The number of fused-ring (bicyclic) bond motifs is 1. The summed E-state index contributed by atoms with van der Waals surface area (Å²) in [6.45, 7) is 6.16. The minimum atomic E-state index is -0.362. The summed E-state index contributed by atoms with van der Waals surface area (Å²) >= 11 is 0. The molecule has 1 aliphatic rings. The summed E-state index contributed by atoms with van der Waals surface area (Å²) in [6, 6.07) is 11.4. The van der Waals surface area contributed by atoms with Crippen molar-refractivity contribution in [1.82, 2.24) is 14.5 Å². The van der Waals surface area contributed by atoms with Crippen molar-refractivity contribution in [2.45, 2.75) is 45.4 Å². The molecule has 170 valence electrons. The minimum absolute atomic E-state index is 0.0669. The molecule has 0 aliphatic carbocycles. The first kappa shape index (κ1) is 22.7. The Hall–Kier alpha value is -3.50. The maximum atomic E-state index is 13.5. The molecule has 3 heterocycles. The number of carbonyl (C=O) groups excluding carboxylic acids is 2. The Bertz CT molecular complexity index is 1230. The van der Waals surface area contributed by atoms with Crippen LogP contribution in [-0.2, 0) is 4.79 Å². The average molecular weight is 444 g/mol. The van der Waals surface area contributed by atoms with Gasteiger partial charge in [-0.15, -0.1) is 0 Å². The second kappa shape index (κ2) is 9.55. The Balaban J connectivity index is 1.83. The zero-order valence-corrected chi connectivity index (χ0v) is 19.2. The van der Waals surface area contributed by atoms with E-state index in [1.807, 2.05) is 36.6 Å². The number of aromatic nitrogens is 2. The van der Waals surface area contributed by atoms with Crippen LogP contribution < -0.4 is 5.73 Å². The first-order valence-electron chi connectivity index (χ1n) is 11.4. The molecule has 2 aromatic heterocycles. The van der Waals surface area contributed by atoms with Gasteiger partial charge in [0.1, 0.15) is 0 Å². The van der Waals surface area contributed by atoms with Gasteiger partial charge >= 0.3 is 0 Å². The summed E-state index contributed by atoms with van der Waals surface area (Å²) in [5.74, 6) is -0.382. The van der Waals surface area contributed by atoms with Gasteiger partial charge in [-0.3, -0.25) is 19.5 Å². The van der Waals surface area contributed by atoms with Crippen molar-refractivity contribution in [2.24, 2.45) is 5.73 Å². The quantitative estimate of drug-likeness (QED) is 0.559. The summed E-state index contributed by atoms with van der Waals surface area (Å²) in [6.07, 6.45) is 5.44. The lowest BCUT2D eigenvalue weighted by Gasteiger charge is -2.25. The zero-order valence-electron chi connectivity index (χ0n) is 19.2. The third-order valence-corrected chi connectivity index (χ3v) is 6.49. The molecule has 0 saturated carbocycles. The van der Waals surface area contributed by atoms with Crippen LogP contribution in [0.3, 0.4) is 0 Å². The van der Waals surface area contributed by atoms with Crippen molar-refractivity contribution in [3.05, 3.63) is 58.9 Å². The fourth-order valence-corrected chi connectivity index (χ4v) is 4.74. The highest BCUT2D eigenvalue weighted by Gasteiger charge is 2.25. The number of carbonyl (C=O) groups is 2. The van der Waals surface area contributed by atoms with E-state index in [0.717, 1.165) is 48.4 Å². The number of nitrogens with zero attached hydrogens (tertiary/aromatic N) is 4. The van der Waals surface area contributed by atoms with E-state index in [-0.39, 0.29) is 24.0 Å². The number of piperidine rings is 1. The number of ketones is 1. The molecule has 1 amide bonds. The van der Waals surface area contributed by atoms with Crippen molar-refractivity contribution in [1.29, 1.82) is 5.26 Å². The number of amides is 1. The highest BCUT2D eigenvalue weighted by Crippen LogP contribution is 2.31. The molecule has 3 aromatic rings. The standard InChI is InChI=1S/C26H29N5O2/c1-17(12-24(28)33)20-13-22-26(29-15-20)25(23(32)16-30-10-4-3-5-11-30)18(2)31(22)21-8-6-19(14-27)7-9-21/h6-9,13,15,17H,3-5,10-12,16H2,1-2H3,(H2,28,33). The fourth-order valence-electron chi connectivity index (χ4n) is 4.74. The summed E-state index contributed by atoms with van der Waals surface area (Å²) in [7, 11) is 0. The number of likely N-dealkylation sites (tertiary alicyclic amines) is 1. The Morgan fingerprint density at radius 3 is 2.52 bits per heavy atom. The van der Waals surface area contributed by atoms with Gasteiger partial charge in [-0.2, -0.15) is 5.26 Å². The summed E-state index contributed by atoms with van der Waals surface area (Å²) < 4.78 is 2.02. The molecular weight excluding hydrogens is 414 g/mol. The predicted molar refractivity (Wildman–Crippen MR) is 127 cm³/mol. The number of primary amides is 1. The maximum absolute atomic E-state index is 13.5. The lowest BCUT2D eigenvalue weighted by atomic mass is 9.98. The molecule has 33 heavy (non-hydrogen) atoms. The smallest absolute Gasteiger partial charge is 0.218 e. The van der Waals surface area contributed by atoms with Crippen LogP contribution in [0.4, 0.5) is 0 Å². The van der Waals surface area contributed by atoms with E-state index in [1.54, 1.807) is 18.3 Å². The minimum Gasteiger partial charge on any atom is -0.370 e. The van der Waals surface area contributed by atoms with Gasteiger partial charge in [0, 0.05) is 24.0 Å². The largest absolute Gasteiger partial charge is 0.370 e. The molecule has 2 N–H and O–H groups in total. The van der Waals surface area contributed by atoms with Crippen LogP contribution in [0.2, 0.25) is 0 Å². The number of nitriles is 1. The molecule has 1 aromatic carbocycles. The molecular formula is C26H29N5O2. The summed E-state index contributed by atoms with van der Waals surface area (Å²) in [4.78, 5) is 31.8. The van der Waals surface area contributed by atoms with Crippen molar-refractivity contribution < 1.29 is 9.59 Å². The van der Waals surface area contributed by atoms with Gasteiger partial charge in [-0.05, 0) is 74.7 Å². The lowest BCUT2D eigenvalue weighted by molar-refractivity contribution is -0.118. The zero-order chi connectivity index (χ0) is 23.5. The first-order chi connectivity index (χ1) is 15.9. The predicted octanol–water partition coefficient (Wildman–Crippen LogP) is 3.85. The van der Waals surface area contributed by atoms with E-state index in [1.165, 1.54) is 6.42 Å². The third kappa shape index (κ3) is 4.67. The van der Waals surface area contributed by atoms with Crippen molar-refractivity contribution in [2.75, 3.05) is 19.6 Å². The average Bonchev–Trinajstić information content (AvgIpc) is 3.10. The second-order valence-electron chi connectivity index (χ2n) is 8.92. The molecule has 1 unspecified atom stereocenters. The van der Waals surface area contributed by atoms with Crippen LogP contribution in [0.15, 0.2) is 36.5 Å². The highest BCUT2D eigenvalue weighted by atomic mass is 16.1. The van der Waals surface area contributed by atoms with Crippen LogP contribution in [0, 0.1) is 18.3 Å². The Morgan fingerprint density at radius 2 is 1.88 bits per heavy atom. The van der Waals surface area contributed by atoms with E-state index < -0.39 is 0 Å². The molecule has 0 radical (unpaired) electrons. The molecule has 1 fully saturated rings. The van der Waals surface area contributed by atoms with Gasteiger partial charge in [-0.1, -0.05) is 13.3 Å². The number of hydrogen-bond donors (Lipinski definition) is 1. The van der Waals surface area contributed by atoms with E-state index in [0.29, 0.717) is 23.2 Å². The number of nitrogens with two attached hydrogens (primary N) is 1. The van der Waals surface area contributed by atoms with Crippen LogP contribution >= 0.6 is 0 Å².